The van der Waals surface area contributed by atoms with Crippen molar-refractivity contribution < 1.29 is 4.79 Å². The van der Waals surface area contributed by atoms with Crippen molar-refractivity contribution in [2.45, 2.75) is 20.3 Å². The van der Waals surface area contributed by atoms with Crippen LogP contribution in [0.25, 0.3) is 16.7 Å². The first-order valence-electron chi connectivity index (χ1n) is 7.53. The van der Waals surface area contributed by atoms with Crippen LogP contribution in [0, 0.1) is 6.92 Å². The van der Waals surface area contributed by atoms with Gasteiger partial charge >= 0.3 is 0 Å². The first-order valence-corrected chi connectivity index (χ1v) is 7.53. The first-order chi connectivity index (χ1) is 10.7. The molecule has 0 aliphatic heterocycles. The number of carbonyl (C=O) groups excluding carboxylic acids is 1. The summed E-state index contributed by atoms with van der Waals surface area (Å²) >= 11 is 0. The quantitative estimate of drug-likeness (QED) is 0.800. The number of aromatic nitrogens is 2. The van der Waals surface area contributed by atoms with E-state index in [9.17, 15) is 4.79 Å². The Labute approximate surface area is 129 Å². The smallest absolute Gasteiger partial charge is 0.251 e. The van der Waals surface area contributed by atoms with E-state index in [1.54, 1.807) is 0 Å². The zero-order valence-corrected chi connectivity index (χ0v) is 12.8. The molecule has 1 aromatic heterocycles. The number of hydrogen-bond acceptors (Lipinski definition) is 2. The van der Waals surface area contributed by atoms with Gasteiger partial charge in [0.15, 0.2) is 0 Å². The molecule has 2 aromatic carbocycles. The Hall–Kier alpha value is -2.62. The number of nitrogens with zero attached hydrogens (tertiary/aromatic N) is 2. The maximum absolute atomic E-state index is 12.1. The summed E-state index contributed by atoms with van der Waals surface area (Å²) < 4.78 is 2.10. The summed E-state index contributed by atoms with van der Waals surface area (Å²) in [5.41, 5.74) is 3.57. The normalized spacial score (nSPS) is 10.8. The standard InChI is InChI=1S/C18H19N3O/c1-3-11-19-18(22)14-9-10-17-16(12-14)20-13(2)21(17)15-7-5-4-6-8-15/h4-10,12H,3,11H2,1-2H3,(H,19,22). The fraction of sp³-hybridized carbons (Fsp3) is 0.222. The third kappa shape index (κ3) is 2.60. The predicted octanol–water partition coefficient (Wildman–Crippen LogP) is 3.47. The molecule has 112 valence electrons. The molecule has 1 amide bonds. The third-order valence-corrected chi connectivity index (χ3v) is 3.63. The van der Waals surface area contributed by atoms with Crippen molar-refractivity contribution >= 4 is 16.9 Å². The van der Waals surface area contributed by atoms with E-state index in [-0.39, 0.29) is 5.91 Å². The lowest BCUT2D eigenvalue weighted by Gasteiger charge is -2.07. The predicted molar refractivity (Wildman–Crippen MR) is 88.4 cm³/mol. The molecule has 3 rings (SSSR count). The molecule has 0 spiro atoms. The van der Waals surface area contributed by atoms with Crippen LogP contribution in [0.15, 0.2) is 48.5 Å². The van der Waals surface area contributed by atoms with Gasteiger partial charge in [0.1, 0.15) is 5.82 Å². The van der Waals surface area contributed by atoms with E-state index in [0.29, 0.717) is 12.1 Å². The van der Waals surface area contributed by atoms with E-state index in [2.05, 4.69) is 27.0 Å². The van der Waals surface area contributed by atoms with E-state index in [4.69, 9.17) is 0 Å². The average Bonchev–Trinajstić information content (AvgIpc) is 2.88. The second kappa shape index (κ2) is 6.02. The van der Waals surface area contributed by atoms with Crippen molar-refractivity contribution in [1.29, 1.82) is 0 Å². The number of para-hydroxylation sites is 1. The van der Waals surface area contributed by atoms with Crippen molar-refractivity contribution in [3.05, 3.63) is 59.9 Å². The van der Waals surface area contributed by atoms with Crippen LogP contribution in [0.5, 0.6) is 0 Å². The summed E-state index contributed by atoms with van der Waals surface area (Å²) in [5.74, 6) is 0.864. The SMILES string of the molecule is CCCNC(=O)c1ccc2c(c1)nc(C)n2-c1ccccc1. The molecule has 1 heterocycles. The van der Waals surface area contributed by atoms with Crippen LogP contribution in [0.4, 0.5) is 0 Å². The molecule has 22 heavy (non-hydrogen) atoms. The highest BCUT2D eigenvalue weighted by Gasteiger charge is 2.12. The summed E-state index contributed by atoms with van der Waals surface area (Å²) in [6.07, 6.45) is 0.926. The van der Waals surface area contributed by atoms with Crippen LogP contribution < -0.4 is 5.32 Å². The van der Waals surface area contributed by atoms with Crippen LogP contribution in [-0.2, 0) is 0 Å². The van der Waals surface area contributed by atoms with E-state index >= 15 is 0 Å². The fourth-order valence-electron chi connectivity index (χ4n) is 2.59. The molecular weight excluding hydrogens is 274 g/mol. The second-order valence-electron chi connectivity index (χ2n) is 5.29. The topological polar surface area (TPSA) is 46.9 Å². The van der Waals surface area contributed by atoms with Gasteiger partial charge in [0.25, 0.3) is 5.91 Å². The van der Waals surface area contributed by atoms with Gasteiger partial charge in [-0.15, -0.1) is 0 Å². The number of carbonyl (C=O) groups is 1. The minimum absolute atomic E-state index is 0.0457. The van der Waals surface area contributed by atoms with Gasteiger partial charge in [-0.2, -0.15) is 0 Å². The largest absolute Gasteiger partial charge is 0.352 e. The van der Waals surface area contributed by atoms with Crippen LogP contribution in [0.2, 0.25) is 0 Å². The summed E-state index contributed by atoms with van der Waals surface area (Å²) in [4.78, 5) is 16.7. The number of hydrogen-bond donors (Lipinski definition) is 1. The number of imidazole rings is 1. The van der Waals surface area contributed by atoms with Gasteiger partial charge in [0, 0.05) is 17.8 Å². The molecular formula is C18H19N3O. The van der Waals surface area contributed by atoms with Crippen molar-refractivity contribution in [3.63, 3.8) is 0 Å². The van der Waals surface area contributed by atoms with Gasteiger partial charge in [0.2, 0.25) is 0 Å². The Morgan fingerprint density at radius 3 is 2.68 bits per heavy atom. The van der Waals surface area contributed by atoms with Gasteiger partial charge in [-0.1, -0.05) is 25.1 Å². The van der Waals surface area contributed by atoms with Crippen molar-refractivity contribution in [2.75, 3.05) is 6.54 Å². The van der Waals surface area contributed by atoms with Crippen LogP contribution in [-0.4, -0.2) is 22.0 Å². The number of amides is 1. The molecule has 0 saturated carbocycles. The minimum Gasteiger partial charge on any atom is -0.352 e. The van der Waals surface area contributed by atoms with Crippen molar-refractivity contribution in [3.8, 4) is 5.69 Å². The molecule has 0 aliphatic rings. The molecule has 0 fully saturated rings. The lowest BCUT2D eigenvalue weighted by molar-refractivity contribution is 0.0954. The highest BCUT2D eigenvalue weighted by molar-refractivity contribution is 5.97. The van der Waals surface area contributed by atoms with Crippen LogP contribution >= 0.6 is 0 Å². The molecule has 4 nitrogen and oxygen atoms in total. The molecule has 4 heteroatoms. The lowest BCUT2D eigenvalue weighted by Crippen LogP contribution is -2.23. The van der Waals surface area contributed by atoms with Gasteiger partial charge in [-0.05, 0) is 43.7 Å². The van der Waals surface area contributed by atoms with Gasteiger partial charge < -0.3 is 5.32 Å². The number of nitrogens with one attached hydrogen (secondary N) is 1. The Bertz CT molecular complexity index is 806. The first kappa shape index (κ1) is 14.3. The highest BCUT2D eigenvalue weighted by Crippen LogP contribution is 2.22. The summed E-state index contributed by atoms with van der Waals surface area (Å²) in [6.45, 7) is 4.70. The zero-order chi connectivity index (χ0) is 15.5. The number of aryl methyl sites for hydroxylation is 1. The molecule has 0 radical (unpaired) electrons. The highest BCUT2D eigenvalue weighted by atomic mass is 16.1. The van der Waals surface area contributed by atoms with E-state index in [1.807, 2.05) is 50.2 Å². The molecule has 0 saturated heterocycles. The Morgan fingerprint density at radius 2 is 1.95 bits per heavy atom. The fourth-order valence-corrected chi connectivity index (χ4v) is 2.59. The van der Waals surface area contributed by atoms with Crippen LogP contribution in [0.1, 0.15) is 29.5 Å². The second-order valence-corrected chi connectivity index (χ2v) is 5.29. The molecule has 0 bridgehead atoms. The summed E-state index contributed by atoms with van der Waals surface area (Å²) in [6, 6.07) is 15.8. The van der Waals surface area contributed by atoms with Gasteiger partial charge in [0.05, 0.1) is 11.0 Å². The van der Waals surface area contributed by atoms with E-state index in [0.717, 1.165) is 29.0 Å². The summed E-state index contributed by atoms with van der Waals surface area (Å²) in [5, 5.41) is 2.89. The molecule has 0 aliphatic carbocycles. The van der Waals surface area contributed by atoms with E-state index in [1.165, 1.54) is 0 Å². The Balaban J connectivity index is 2.04. The average molecular weight is 293 g/mol. The molecule has 1 N–H and O–H groups in total. The minimum atomic E-state index is -0.0457. The zero-order valence-electron chi connectivity index (χ0n) is 12.8. The molecule has 3 aromatic rings. The van der Waals surface area contributed by atoms with Crippen molar-refractivity contribution in [2.24, 2.45) is 0 Å². The Morgan fingerprint density at radius 1 is 1.18 bits per heavy atom. The lowest BCUT2D eigenvalue weighted by atomic mass is 10.2. The Kier molecular flexibility index (Phi) is 3.92. The molecule has 0 atom stereocenters. The summed E-state index contributed by atoms with van der Waals surface area (Å²) in [7, 11) is 0. The van der Waals surface area contributed by atoms with Crippen molar-refractivity contribution in [1.82, 2.24) is 14.9 Å². The number of benzene rings is 2. The third-order valence-electron chi connectivity index (χ3n) is 3.63. The maximum atomic E-state index is 12.1. The monoisotopic (exact) mass is 293 g/mol. The van der Waals surface area contributed by atoms with E-state index < -0.39 is 0 Å². The maximum Gasteiger partial charge on any atom is 0.251 e. The molecule has 0 unspecified atom stereocenters. The number of rotatable bonds is 4. The number of fused-ring (bicyclic) bond motifs is 1. The van der Waals surface area contributed by atoms with Crippen LogP contribution in [0.3, 0.4) is 0 Å². The van der Waals surface area contributed by atoms with Gasteiger partial charge in [-0.3, -0.25) is 9.36 Å². The van der Waals surface area contributed by atoms with Gasteiger partial charge in [-0.25, -0.2) is 4.98 Å².